The van der Waals surface area contributed by atoms with E-state index in [-0.39, 0.29) is 18.5 Å². The third-order valence-corrected chi connectivity index (χ3v) is 4.77. The zero-order valence-corrected chi connectivity index (χ0v) is 16.1. The summed E-state index contributed by atoms with van der Waals surface area (Å²) < 4.78 is 24.6. The third-order valence-electron chi connectivity index (χ3n) is 4.77. The molecule has 1 unspecified atom stereocenters. The fraction of sp³-hybridized carbons (Fsp3) is 0.350. The summed E-state index contributed by atoms with van der Waals surface area (Å²) in [6.07, 6.45) is 4.85. The molecule has 0 fully saturated rings. The van der Waals surface area contributed by atoms with Gasteiger partial charge >= 0.3 is 5.97 Å². The van der Waals surface area contributed by atoms with Gasteiger partial charge < -0.3 is 14.5 Å². The molecule has 0 bridgehead atoms. The molecule has 1 atom stereocenters. The molecule has 1 aromatic carbocycles. The number of nitrogens with zero attached hydrogens (tertiary/aromatic N) is 4. The van der Waals surface area contributed by atoms with E-state index in [2.05, 4.69) is 37.6 Å². The monoisotopic (exact) mass is 397 g/mol. The maximum absolute atomic E-state index is 14.6. The van der Waals surface area contributed by atoms with E-state index >= 15 is 0 Å². The van der Waals surface area contributed by atoms with Crippen LogP contribution < -0.4 is 5.32 Å². The number of ether oxygens (including phenoxy) is 1. The Hall–Kier alpha value is -3.36. The van der Waals surface area contributed by atoms with Gasteiger partial charge in [-0.05, 0) is 37.8 Å². The maximum Gasteiger partial charge on any atom is 0.353 e. The first-order chi connectivity index (χ1) is 14.0. The number of aromatic nitrogens is 4. The van der Waals surface area contributed by atoms with E-state index in [9.17, 15) is 9.18 Å². The van der Waals surface area contributed by atoms with E-state index in [4.69, 9.17) is 9.15 Å². The number of alkyl halides is 1. The van der Waals surface area contributed by atoms with E-state index in [0.717, 1.165) is 19.8 Å². The van der Waals surface area contributed by atoms with Crippen LogP contribution >= 0.6 is 0 Å². The number of carbonyl (C=O) groups excluding carboxylic acids is 1. The summed E-state index contributed by atoms with van der Waals surface area (Å²) in [7, 11) is 0. The Morgan fingerprint density at radius 2 is 1.90 bits per heavy atom. The van der Waals surface area contributed by atoms with Gasteiger partial charge in [-0.25, -0.2) is 19.2 Å². The molecule has 2 heterocycles. The lowest BCUT2D eigenvalue weighted by Crippen LogP contribution is -2.30. The minimum Gasteiger partial charge on any atom is -0.463 e. The number of benzene rings is 1. The molecule has 1 aliphatic carbocycles. The molecule has 150 valence electrons. The van der Waals surface area contributed by atoms with Gasteiger partial charge in [0.05, 0.1) is 12.2 Å². The topological polar surface area (TPSA) is 103 Å². The average Bonchev–Trinajstić information content (AvgIpc) is 3.36. The van der Waals surface area contributed by atoms with Crippen molar-refractivity contribution in [3.8, 4) is 11.5 Å². The van der Waals surface area contributed by atoms with Crippen molar-refractivity contribution in [3.63, 3.8) is 0 Å². The highest BCUT2D eigenvalue weighted by molar-refractivity contribution is 5.79. The first-order valence-electron chi connectivity index (χ1n) is 9.33. The third kappa shape index (κ3) is 3.80. The molecule has 9 heteroatoms. The lowest BCUT2D eigenvalue weighted by molar-refractivity contribution is -0.158. The van der Waals surface area contributed by atoms with Crippen molar-refractivity contribution in [3.05, 3.63) is 53.7 Å². The van der Waals surface area contributed by atoms with Crippen LogP contribution in [-0.2, 0) is 28.0 Å². The largest absolute Gasteiger partial charge is 0.463 e. The highest BCUT2D eigenvalue weighted by Gasteiger charge is 2.42. The standard InChI is InChI=1S/C20H20FN5O3/c1-3-28-18(27)20(2,21)17-26-25-16(29-17)14-10-22-19(23-11-14)24-15-8-12-6-4-5-7-13(12)9-15/h4-7,10-11,15H,3,8-9H2,1-2H3,(H,22,23,24). The van der Waals surface area contributed by atoms with Crippen LogP contribution in [0.25, 0.3) is 11.5 Å². The molecule has 2 aromatic heterocycles. The lowest BCUT2D eigenvalue weighted by atomic mass is 10.1. The number of rotatable bonds is 6. The molecule has 0 aliphatic heterocycles. The first kappa shape index (κ1) is 19.0. The Kier molecular flexibility index (Phi) is 4.96. The van der Waals surface area contributed by atoms with Crippen molar-refractivity contribution < 1.29 is 18.3 Å². The van der Waals surface area contributed by atoms with Gasteiger partial charge in [0.1, 0.15) is 0 Å². The predicted molar refractivity (Wildman–Crippen MR) is 102 cm³/mol. The molecular weight excluding hydrogens is 377 g/mol. The van der Waals surface area contributed by atoms with Crippen LogP contribution in [0.1, 0.15) is 30.9 Å². The van der Waals surface area contributed by atoms with E-state index in [1.165, 1.54) is 23.5 Å². The van der Waals surface area contributed by atoms with Crippen molar-refractivity contribution in [2.45, 2.75) is 38.4 Å². The Balaban J connectivity index is 1.44. The summed E-state index contributed by atoms with van der Waals surface area (Å²) in [6, 6.07) is 8.56. The molecule has 0 saturated carbocycles. The number of halogens is 1. The second kappa shape index (κ2) is 7.57. The van der Waals surface area contributed by atoms with Gasteiger partial charge in [-0.15, -0.1) is 10.2 Å². The molecule has 1 N–H and O–H groups in total. The molecule has 4 rings (SSSR count). The molecule has 0 saturated heterocycles. The van der Waals surface area contributed by atoms with Gasteiger partial charge in [-0.2, -0.15) is 0 Å². The van der Waals surface area contributed by atoms with Crippen LogP contribution in [0.3, 0.4) is 0 Å². The summed E-state index contributed by atoms with van der Waals surface area (Å²) >= 11 is 0. The summed E-state index contributed by atoms with van der Waals surface area (Å²) in [4.78, 5) is 20.3. The minimum atomic E-state index is -2.53. The second-order valence-corrected chi connectivity index (χ2v) is 6.95. The zero-order chi connectivity index (χ0) is 20.4. The van der Waals surface area contributed by atoms with E-state index in [1.54, 1.807) is 6.92 Å². The summed E-state index contributed by atoms with van der Waals surface area (Å²) in [5.74, 6) is -1.05. The van der Waals surface area contributed by atoms with Crippen molar-refractivity contribution in [1.29, 1.82) is 0 Å². The molecule has 0 radical (unpaired) electrons. The van der Waals surface area contributed by atoms with Crippen LogP contribution in [0.4, 0.5) is 10.3 Å². The molecule has 29 heavy (non-hydrogen) atoms. The molecule has 1 aliphatic rings. The van der Waals surface area contributed by atoms with Gasteiger partial charge in [-0.3, -0.25) is 0 Å². The smallest absolute Gasteiger partial charge is 0.353 e. The maximum atomic E-state index is 14.6. The fourth-order valence-electron chi connectivity index (χ4n) is 3.24. The van der Waals surface area contributed by atoms with Crippen molar-refractivity contribution in [2.24, 2.45) is 0 Å². The molecular formula is C20H20FN5O3. The van der Waals surface area contributed by atoms with Crippen LogP contribution in [0, 0.1) is 0 Å². The first-order valence-corrected chi connectivity index (χ1v) is 9.33. The number of nitrogens with one attached hydrogen (secondary N) is 1. The lowest BCUT2D eigenvalue weighted by Gasteiger charge is -2.13. The van der Waals surface area contributed by atoms with E-state index < -0.39 is 17.5 Å². The Bertz CT molecular complexity index is 994. The van der Waals surface area contributed by atoms with E-state index in [1.807, 2.05) is 12.1 Å². The van der Waals surface area contributed by atoms with Crippen molar-refractivity contribution >= 4 is 11.9 Å². The Morgan fingerprint density at radius 1 is 1.24 bits per heavy atom. The zero-order valence-electron chi connectivity index (χ0n) is 16.1. The SMILES string of the molecule is CCOC(=O)C(C)(F)c1nnc(-c2cnc(NC3Cc4ccccc4C3)nc2)o1. The van der Waals surface area contributed by atoms with Gasteiger partial charge in [0, 0.05) is 18.4 Å². The minimum absolute atomic E-state index is 0.0213. The van der Waals surface area contributed by atoms with Crippen LogP contribution in [0.15, 0.2) is 41.1 Å². The van der Waals surface area contributed by atoms with Crippen molar-refractivity contribution in [1.82, 2.24) is 20.2 Å². The number of hydrogen-bond donors (Lipinski definition) is 1. The van der Waals surface area contributed by atoms with Gasteiger partial charge in [0.2, 0.25) is 5.95 Å². The van der Waals surface area contributed by atoms with Gasteiger partial charge in [0.15, 0.2) is 0 Å². The summed E-state index contributed by atoms with van der Waals surface area (Å²) in [6.45, 7) is 2.66. The molecule has 8 nitrogen and oxygen atoms in total. The molecule has 0 spiro atoms. The van der Waals surface area contributed by atoms with Gasteiger partial charge in [-0.1, -0.05) is 24.3 Å². The number of hydrogen-bond acceptors (Lipinski definition) is 8. The van der Waals surface area contributed by atoms with Crippen LogP contribution in [0.2, 0.25) is 0 Å². The van der Waals surface area contributed by atoms with Crippen LogP contribution in [0.5, 0.6) is 0 Å². The summed E-state index contributed by atoms with van der Waals surface area (Å²) in [5, 5.41) is 10.7. The van der Waals surface area contributed by atoms with E-state index in [0.29, 0.717) is 11.5 Å². The Labute approximate surface area is 166 Å². The second-order valence-electron chi connectivity index (χ2n) is 6.95. The number of fused-ring (bicyclic) bond motifs is 1. The van der Waals surface area contributed by atoms with Crippen molar-refractivity contribution in [2.75, 3.05) is 11.9 Å². The number of anilines is 1. The normalized spacial score (nSPS) is 15.6. The van der Waals surface area contributed by atoms with Gasteiger partial charge in [0.25, 0.3) is 17.5 Å². The average molecular weight is 397 g/mol. The van der Waals surface area contributed by atoms with Crippen LogP contribution in [-0.4, -0.2) is 38.8 Å². The molecule has 3 aromatic rings. The number of carbonyl (C=O) groups is 1. The summed E-state index contributed by atoms with van der Waals surface area (Å²) in [5.41, 5.74) is 0.552. The number of esters is 1. The highest BCUT2D eigenvalue weighted by Crippen LogP contribution is 2.29. The molecule has 0 amide bonds. The Morgan fingerprint density at radius 3 is 2.52 bits per heavy atom. The predicted octanol–water partition coefficient (Wildman–Crippen LogP) is 2.85. The quantitative estimate of drug-likeness (QED) is 0.634. The fourth-order valence-corrected chi connectivity index (χ4v) is 3.24. The highest BCUT2D eigenvalue weighted by atomic mass is 19.1.